The van der Waals surface area contributed by atoms with Crippen molar-refractivity contribution in [3.05, 3.63) is 60.2 Å². The Hall–Kier alpha value is -3.02. The first kappa shape index (κ1) is 16.4. The van der Waals surface area contributed by atoms with Crippen LogP contribution >= 0.6 is 0 Å². The molecule has 0 unspecified atom stereocenters. The fourth-order valence-electron chi connectivity index (χ4n) is 1.74. The number of primary amides is 1. The van der Waals surface area contributed by atoms with Gasteiger partial charge in [-0.05, 0) is 36.4 Å². The van der Waals surface area contributed by atoms with E-state index in [1.807, 2.05) is 30.3 Å². The minimum atomic E-state index is -0.563. The lowest BCUT2D eigenvalue weighted by molar-refractivity contribution is -0.119. The van der Waals surface area contributed by atoms with Crippen LogP contribution in [0.5, 0.6) is 11.5 Å². The number of hydrogen-bond donors (Lipinski definition) is 1. The third-order valence-electron chi connectivity index (χ3n) is 2.80. The minimum Gasteiger partial charge on any atom is -0.490 e. The molecular formula is C17H17NO5. The summed E-state index contributed by atoms with van der Waals surface area (Å²) in [6.07, 6.45) is 0. The van der Waals surface area contributed by atoms with Crippen LogP contribution in [0.15, 0.2) is 54.6 Å². The maximum absolute atomic E-state index is 11.8. The molecule has 2 aromatic carbocycles. The molecule has 0 heterocycles. The zero-order valence-electron chi connectivity index (χ0n) is 12.4. The van der Waals surface area contributed by atoms with Crippen molar-refractivity contribution in [1.82, 2.24) is 0 Å². The predicted molar refractivity (Wildman–Crippen MR) is 83.4 cm³/mol. The Kier molecular flexibility index (Phi) is 5.99. The molecule has 2 rings (SSSR count). The van der Waals surface area contributed by atoms with Gasteiger partial charge in [-0.1, -0.05) is 18.2 Å². The maximum atomic E-state index is 11.8. The molecule has 0 bridgehead atoms. The van der Waals surface area contributed by atoms with E-state index >= 15 is 0 Å². The number of carbonyl (C=O) groups excluding carboxylic acids is 2. The summed E-state index contributed by atoms with van der Waals surface area (Å²) in [5.74, 6) is 0.155. The van der Waals surface area contributed by atoms with E-state index in [9.17, 15) is 9.59 Å². The molecule has 0 spiro atoms. The van der Waals surface area contributed by atoms with Crippen LogP contribution in [-0.4, -0.2) is 31.7 Å². The normalized spacial score (nSPS) is 9.91. The van der Waals surface area contributed by atoms with Crippen molar-refractivity contribution in [2.45, 2.75) is 0 Å². The van der Waals surface area contributed by atoms with E-state index in [4.69, 9.17) is 19.9 Å². The lowest BCUT2D eigenvalue weighted by Gasteiger charge is -2.08. The molecule has 6 nitrogen and oxygen atoms in total. The van der Waals surface area contributed by atoms with Gasteiger partial charge in [-0.15, -0.1) is 0 Å². The number of carbonyl (C=O) groups is 2. The van der Waals surface area contributed by atoms with Crippen molar-refractivity contribution in [2.75, 3.05) is 19.8 Å². The van der Waals surface area contributed by atoms with E-state index in [-0.39, 0.29) is 19.8 Å². The van der Waals surface area contributed by atoms with Crippen LogP contribution in [0.1, 0.15) is 10.4 Å². The molecule has 120 valence electrons. The van der Waals surface area contributed by atoms with Gasteiger partial charge in [-0.25, -0.2) is 4.79 Å². The number of para-hydroxylation sites is 1. The van der Waals surface area contributed by atoms with E-state index in [1.165, 1.54) is 0 Å². The molecule has 23 heavy (non-hydrogen) atoms. The molecule has 0 radical (unpaired) electrons. The number of amides is 1. The second-order valence-corrected chi connectivity index (χ2v) is 4.58. The lowest BCUT2D eigenvalue weighted by Crippen LogP contribution is -2.20. The zero-order chi connectivity index (χ0) is 16.5. The Bertz CT molecular complexity index is 640. The molecule has 0 saturated heterocycles. The van der Waals surface area contributed by atoms with Crippen molar-refractivity contribution in [2.24, 2.45) is 5.73 Å². The SMILES string of the molecule is NC(=O)COc1ccc(C(=O)OCCOc2ccccc2)cc1. The number of hydrogen-bond acceptors (Lipinski definition) is 5. The number of rotatable bonds is 8. The second-order valence-electron chi connectivity index (χ2n) is 4.58. The Labute approximate surface area is 133 Å². The summed E-state index contributed by atoms with van der Waals surface area (Å²) in [4.78, 5) is 22.4. The summed E-state index contributed by atoms with van der Waals surface area (Å²) in [7, 11) is 0. The molecule has 0 saturated carbocycles. The summed E-state index contributed by atoms with van der Waals surface area (Å²) in [5, 5.41) is 0. The first-order valence-electron chi connectivity index (χ1n) is 7.01. The average Bonchev–Trinajstić information content (AvgIpc) is 2.58. The van der Waals surface area contributed by atoms with Crippen LogP contribution in [0.3, 0.4) is 0 Å². The molecule has 2 aromatic rings. The summed E-state index contributed by atoms with van der Waals surface area (Å²) in [5.41, 5.74) is 5.36. The van der Waals surface area contributed by atoms with Gasteiger partial charge in [-0.3, -0.25) is 4.79 Å². The first-order valence-corrected chi connectivity index (χ1v) is 7.01. The fraction of sp³-hybridized carbons (Fsp3) is 0.176. The average molecular weight is 315 g/mol. The summed E-state index contributed by atoms with van der Waals surface area (Å²) in [6.45, 7) is 0.212. The molecule has 6 heteroatoms. The van der Waals surface area contributed by atoms with Crippen LogP contribution in [0.25, 0.3) is 0 Å². The zero-order valence-corrected chi connectivity index (χ0v) is 12.4. The van der Waals surface area contributed by atoms with Crippen molar-refractivity contribution < 1.29 is 23.8 Å². The van der Waals surface area contributed by atoms with E-state index in [0.29, 0.717) is 11.3 Å². The van der Waals surface area contributed by atoms with Gasteiger partial charge < -0.3 is 19.9 Å². The third kappa shape index (κ3) is 5.70. The van der Waals surface area contributed by atoms with Gasteiger partial charge in [0.1, 0.15) is 24.7 Å². The third-order valence-corrected chi connectivity index (χ3v) is 2.80. The van der Waals surface area contributed by atoms with E-state index in [0.717, 1.165) is 5.75 Å². The van der Waals surface area contributed by atoms with Gasteiger partial charge in [0.05, 0.1) is 5.56 Å². The van der Waals surface area contributed by atoms with Crippen LogP contribution < -0.4 is 15.2 Å². The number of benzene rings is 2. The predicted octanol–water partition coefficient (Wildman–Crippen LogP) is 1.79. The van der Waals surface area contributed by atoms with Crippen LogP contribution in [-0.2, 0) is 9.53 Å². The Morgan fingerprint density at radius 3 is 2.13 bits per heavy atom. The van der Waals surface area contributed by atoms with Gasteiger partial charge in [0.25, 0.3) is 5.91 Å². The quantitative estimate of drug-likeness (QED) is 0.592. The highest BCUT2D eigenvalue weighted by Gasteiger charge is 2.07. The Balaban J connectivity index is 1.73. The number of ether oxygens (including phenoxy) is 3. The fourth-order valence-corrected chi connectivity index (χ4v) is 1.74. The molecule has 0 aliphatic rings. The highest BCUT2D eigenvalue weighted by molar-refractivity contribution is 5.89. The standard InChI is InChI=1S/C17H17NO5/c18-16(19)12-23-15-8-6-13(7-9-15)17(20)22-11-10-21-14-4-2-1-3-5-14/h1-9H,10-12H2,(H2,18,19). The molecule has 0 aromatic heterocycles. The monoisotopic (exact) mass is 315 g/mol. The molecule has 2 N–H and O–H groups in total. The topological polar surface area (TPSA) is 87.9 Å². The summed E-state index contributed by atoms with van der Waals surface area (Å²) in [6, 6.07) is 15.5. The van der Waals surface area contributed by atoms with E-state index in [1.54, 1.807) is 24.3 Å². The maximum Gasteiger partial charge on any atom is 0.338 e. The molecule has 0 aliphatic carbocycles. The summed E-state index contributed by atoms with van der Waals surface area (Å²) >= 11 is 0. The Morgan fingerprint density at radius 2 is 1.48 bits per heavy atom. The second kappa shape index (κ2) is 8.43. The van der Waals surface area contributed by atoms with Gasteiger partial charge in [0, 0.05) is 0 Å². The van der Waals surface area contributed by atoms with Crippen LogP contribution in [0.2, 0.25) is 0 Å². The highest BCUT2D eigenvalue weighted by Crippen LogP contribution is 2.13. The van der Waals surface area contributed by atoms with Crippen molar-refractivity contribution >= 4 is 11.9 Å². The minimum absolute atomic E-state index is 0.146. The number of esters is 1. The Morgan fingerprint density at radius 1 is 0.826 bits per heavy atom. The van der Waals surface area contributed by atoms with Crippen molar-refractivity contribution in [3.63, 3.8) is 0 Å². The van der Waals surface area contributed by atoms with Gasteiger partial charge in [0.2, 0.25) is 0 Å². The molecule has 0 atom stereocenters. The molecule has 0 fully saturated rings. The van der Waals surface area contributed by atoms with Crippen LogP contribution in [0.4, 0.5) is 0 Å². The van der Waals surface area contributed by atoms with Gasteiger partial charge in [0.15, 0.2) is 6.61 Å². The number of nitrogens with two attached hydrogens (primary N) is 1. The summed E-state index contributed by atoms with van der Waals surface area (Å²) < 4.78 is 15.6. The molecular weight excluding hydrogens is 298 g/mol. The van der Waals surface area contributed by atoms with E-state index in [2.05, 4.69) is 0 Å². The molecule has 0 aliphatic heterocycles. The first-order chi connectivity index (χ1) is 11.1. The van der Waals surface area contributed by atoms with Gasteiger partial charge >= 0.3 is 5.97 Å². The smallest absolute Gasteiger partial charge is 0.338 e. The molecule has 1 amide bonds. The lowest BCUT2D eigenvalue weighted by atomic mass is 10.2. The highest BCUT2D eigenvalue weighted by atomic mass is 16.6. The van der Waals surface area contributed by atoms with Crippen LogP contribution in [0, 0.1) is 0 Å². The largest absolute Gasteiger partial charge is 0.490 e. The van der Waals surface area contributed by atoms with Gasteiger partial charge in [-0.2, -0.15) is 0 Å². The van der Waals surface area contributed by atoms with Crippen molar-refractivity contribution in [1.29, 1.82) is 0 Å². The van der Waals surface area contributed by atoms with Crippen molar-refractivity contribution in [3.8, 4) is 11.5 Å². The van der Waals surface area contributed by atoms with E-state index < -0.39 is 11.9 Å².